The molecule has 1 nitrogen and oxygen atoms in total. The fourth-order valence-corrected chi connectivity index (χ4v) is 1.62. The van der Waals surface area contributed by atoms with E-state index in [4.69, 9.17) is 5.11 Å². The lowest BCUT2D eigenvalue weighted by Gasteiger charge is -2.18. The molecule has 1 aromatic carbocycles. The minimum absolute atomic E-state index is 0.0269. The molecule has 1 N–H and O–H groups in total. The van der Waals surface area contributed by atoms with Gasteiger partial charge in [0.15, 0.2) is 0 Å². The summed E-state index contributed by atoms with van der Waals surface area (Å²) >= 11 is 3.14. The Hall–Kier alpha value is -0.480. The van der Waals surface area contributed by atoms with Gasteiger partial charge in [0.05, 0.1) is 0 Å². The highest BCUT2D eigenvalue weighted by Crippen LogP contribution is 2.34. The second-order valence-corrected chi connectivity index (χ2v) is 4.05. The van der Waals surface area contributed by atoms with Crippen LogP contribution in [0.15, 0.2) is 22.7 Å². The lowest BCUT2D eigenvalue weighted by molar-refractivity contribution is -0.0275. The molecule has 1 rings (SSSR count). The third-order valence-corrected chi connectivity index (χ3v) is 2.51. The third-order valence-electron chi connectivity index (χ3n) is 2.02. The van der Waals surface area contributed by atoms with Crippen LogP contribution in [0.5, 0.6) is 0 Å². The molecule has 14 heavy (non-hydrogen) atoms. The molecule has 0 radical (unpaired) electrons. The number of alkyl halides is 2. The summed E-state index contributed by atoms with van der Waals surface area (Å²) in [7, 11) is 0. The smallest absolute Gasteiger partial charge is 0.275 e. The molecule has 0 bridgehead atoms. The van der Waals surface area contributed by atoms with Gasteiger partial charge in [0.2, 0.25) is 0 Å². The molecule has 1 aromatic rings. The zero-order chi connectivity index (χ0) is 10.8. The van der Waals surface area contributed by atoms with Crippen molar-refractivity contribution in [2.45, 2.75) is 19.3 Å². The molecule has 0 amide bonds. The Morgan fingerprint density at radius 2 is 2.07 bits per heavy atom. The molecule has 0 aliphatic rings. The van der Waals surface area contributed by atoms with E-state index in [1.165, 1.54) is 6.07 Å². The highest BCUT2D eigenvalue weighted by atomic mass is 79.9. The van der Waals surface area contributed by atoms with Crippen LogP contribution in [-0.4, -0.2) is 11.7 Å². The summed E-state index contributed by atoms with van der Waals surface area (Å²) in [6, 6.07) is 4.74. The van der Waals surface area contributed by atoms with Gasteiger partial charge in [0.25, 0.3) is 5.92 Å². The molecule has 78 valence electrons. The molecule has 0 aliphatic carbocycles. The van der Waals surface area contributed by atoms with Gasteiger partial charge in [-0.1, -0.05) is 22.0 Å². The van der Waals surface area contributed by atoms with Crippen LogP contribution in [0.2, 0.25) is 0 Å². The van der Waals surface area contributed by atoms with Crippen molar-refractivity contribution in [3.05, 3.63) is 33.8 Å². The van der Waals surface area contributed by atoms with Crippen molar-refractivity contribution in [3.63, 3.8) is 0 Å². The molecule has 0 aromatic heterocycles. The molecule has 0 heterocycles. The first-order valence-corrected chi connectivity index (χ1v) is 5.02. The second-order valence-electron chi connectivity index (χ2n) is 3.14. The SMILES string of the molecule is Cc1ccc(Br)cc1C(F)(F)CCO. The normalized spacial score (nSPS) is 11.8. The summed E-state index contributed by atoms with van der Waals surface area (Å²) in [5, 5.41) is 8.53. The number of hydrogen-bond acceptors (Lipinski definition) is 1. The molecule has 4 heteroatoms. The highest BCUT2D eigenvalue weighted by molar-refractivity contribution is 9.10. The molecular formula is C10H11BrF2O. The van der Waals surface area contributed by atoms with Gasteiger partial charge in [-0.25, -0.2) is 8.78 Å². The largest absolute Gasteiger partial charge is 0.396 e. The predicted molar refractivity (Wildman–Crippen MR) is 54.5 cm³/mol. The van der Waals surface area contributed by atoms with Crippen molar-refractivity contribution in [1.82, 2.24) is 0 Å². The zero-order valence-corrected chi connectivity index (χ0v) is 9.31. The van der Waals surface area contributed by atoms with Crippen LogP contribution in [-0.2, 0) is 5.92 Å². The molecule has 0 aliphatic heterocycles. The molecule has 0 fully saturated rings. The van der Waals surface area contributed by atoms with Gasteiger partial charge in [-0.15, -0.1) is 0 Å². The minimum atomic E-state index is -2.96. The highest BCUT2D eigenvalue weighted by Gasteiger charge is 2.32. The summed E-state index contributed by atoms with van der Waals surface area (Å²) in [6.45, 7) is 1.12. The number of aliphatic hydroxyl groups excluding tert-OH is 1. The van der Waals surface area contributed by atoms with E-state index in [9.17, 15) is 8.78 Å². The van der Waals surface area contributed by atoms with Crippen molar-refractivity contribution in [2.75, 3.05) is 6.61 Å². The first-order chi connectivity index (χ1) is 6.47. The fraction of sp³-hybridized carbons (Fsp3) is 0.400. The summed E-state index contributed by atoms with van der Waals surface area (Å²) < 4.78 is 27.5. The van der Waals surface area contributed by atoms with E-state index in [1.54, 1.807) is 19.1 Å². The van der Waals surface area contributed by atoms with Gasteiger partial charge < -0.3 is 5.11 Å². The van der Waals surface area contributed by atoms with E-state index in [-0.39, 0.29) is 5.56 Å². The van der Waals surface area contributed by atoms with Crippen molar-refractivity contribution < 1.29 is 13.9 Å². The summed E-state index contributed by atoms with van der Waals surface area (Å²) in [5.41, 5.74) is 0.507. The molecule has 0 spiro atoms. The maximum absolute atomic E-state index is 13.4. The van der Waals surface area contributed by atoms with Crippen LogP contribution in [0.1, 0.15) is 17.5 Å². The number of halogens is 3. The number of benzene rings is 1. The average Bonchev–Trinajstić information content (AvgIpc) is 2.09. The van der Waals surface area contributed by atoms with E-state index < -0.39 is 19.0 Å². The maximum Gasteiger partial charge on any atom is 0.275 e. The van der Waals surface area contributed by atoms with Crippen LogP contribution in [0, 0.1) is 6.92 Å². The Morgan fingerprint density at radius 3 is 2.64 bits per heavy atom. The Balaban J connectivity index is 3.10. The van der Waals surface area contributed by atoms with Crippen molar-refractivity contribution in [3.8, 4) is 0 Å². The van der Waals surface area contributed by atoms with Crippen LogP contribution < -0.4 is 0 Å². The summed E-state index contributed by atoms with van der Waals surface area (Å²) in [5.74, 6) is -2.96. The Kier molecular flexibility index (Phi) is 3.61. The fourth-order valence-electron chi connectivity index (χ4n) is 1.26. The van der Waals surface area contributed by atoms with Gasteiger partial charge in [-0.2, -0.15) is 0 Å². The minimum Gasteiger partial charge on any atom is -0.396 e. The van der Waals surface area contributed by atoms with Gasteiger partial charge in [-0.3, -0.25) is 0 Å². The Morgan fingerprint density at radius 1 is 1.43 bits per heavy atom. The average molecular weight is 265 g/mol. The van der Waals surface area contributed by atoms with Gasteiger partial charge in [-0.05, 0) is 24.6 Å². The Labute approximate surface area is 89.9 Å². The van der Waals surface area contributed by atoms with E-state index in [0.717, 1.165) is 0 Å². The first kappa shape index (κ1) is 11.6. The number of aliphatic hydroxyl groups is 1. The van der Waals surface area contributed by atoms with Crippen LogP contribution in [0.3, 0.4) is 0 Å². The molecular weight excluding hydrogens is 254 g/mol. The van der Waals surface area contributed by atoms with Gasteiger partial charge >= 0.3 is 0 Å². The van der Waals surface area contributed by atoms with Crippen LogP contribution >= 0.6 is 15.9 Å². The summed E-state index contributed by atoms with van der Waals surface area (Å²) in [4.78, 5) is 0. The van der Waals surface area contributed by atoms with E-state index in [2.05, 4.69) is 15.9 Å². The topological polar surface area (TPSA) is 20.2 Å². The van der Waals surface area contributed by atoms with E-state index >= 15 is 0 Å². The Bertz CT molecular complexity index is 326. The third kappa shape index (κ3) is 2.51. The number of aryl methyl sites for hydroxylation is 1. The maximum atomic E-state index is 13.4. The van der Waals surface area contributed by atoms with Gasteiger partial charge in [0.1, 0.15) is 0 Å². The monoisotopic (exact) mass is 264 g/mol. The number of rotatable bonds is 3. The summed E-state index contributed by atoms with van der Waals surface area (Å²) in [6.07, 6.45) is -0.537. The lowest BCUT2D eigenvalue weighted by atomic mass is 10.0. The second kappa shape index (κ2) is 4.36. The van der Waals surface area contributed by atoms with Crippen molar-refractivity contribution in [2.24, 2.45) is 0 Å². The standard InChI is InChI=1S/C10H11BrF2O/c1-7-2-3-8(11)6-9(7)10(12,13)4-5-14/h2-3,6,14H,4-5H2,1H3. The van der Waals surface area contributed by atoms with Crippen LogP contribution in [0.4, 0.5) is 8.78 Å². The molecule has 0 saturated heterocycles. The van der Waals surface area contributed by atoms with Crippen LogP contribution in [0.25, 0.3) is 0 Å². The predicted octanol–water partition coefficient (Wildman–Crippen LogP) is 3.23. The molecule has 0 unspecified atom stereocenters. The first-order valence-electron chi connectivity index (χ1n) is 4.22. The molecule has 0 atom stereocenters. The van der Waals surface area contributed by atoms with Gasteiger partial charge in [0, 0.05) is 23.1 Å². The van der Waals surface area contributed by atoms with E-state index in [1.807, 2.05) is 0 Å². The number of hydrogen-bond donors (Lipinski definition) is 1. The lowest BCUT2D eigenvalue weighted by Crippen LogP contribution is -2.16. The van der Waals surface area contributed by atoms with Crippen molar-refractivity contribution in [1.29, 1.82) is 0 Å². The quantitative estimate of drug-likeness (QED) is 0.889. The van der Waals surface area contributed by atoms with E-state index in [0.29, 0.717) is 10.0 Å². The van der Waals surface area contributed by atoms with Crippen molar-refractivity contribution >= 4 is 15.9 Å². The zero-order valence-electron chi connectivity index (χ0n) is 7.73. The molecule has 0 saturated carbocycles.